The largest absolute Gasteiger partial charge is 0.114 e. The standard InChI is InChI=1S/2C5H12.2BrH/c2*1-3-5-4-2;;/h2*3-5H2,1-2H3;2*1H. The zero-order valence-electron chi connectivity index (χ0n) is 9.06. The van der Waals surface area contributed by atoms with Crippen LogP contribution in [-0.4, -0.2) is 0 Å². The van der Waals surface area contributed by atoms with Gasteiger partial charge < -0.3 is 0 Å². The van der Waals surface area contributed by atoms with E-state index >= 15 is 0 Å². The summed E-state index contributed by atoms with van der Waals surface area (Å²) in [6.45, 7) is 8.85. The summed E-state index contributed by atoms with van der Waals surface area (Å²) < 4.78 is 0. The Morgan fingerprint density at radius 2 is 0.667 bits per heavy atom. The van der Waals surface area contributed by atoms with Crippen molar-refractivity contribution in [1.82, 2.24) is 0 Å². The van der Waals surface area contributed by atoms with E-state index in [1.807, 2.05) is 0 Å². The molecule has 2 heteroatoms. The molecule has 0 heterocycles. The van der Waals surface area contributed by atoms with Crippen LogP contribution in [0, 0.1) is 0 Å². The van der Waals surface area contributed by atoms with Crippen LogP contribution in [0.25, 0.3) is 0 Å². The zero-order valence-corrected chi connectivity index (χ0v) is 12.5. The quantitative estimate of drug-likeness (QED) is 0.639. The van der Waals surface area contributed by atoms with Gasteiger partial charge in [0.15, 0.2) is 0 Å². The van der Waals surface area contributed by atoms with Crippen LogP contribution in [0.1, 0.15) is 66.2 Å². The average molecular weight is 306 g/mol. The Morgan fingerprint density at radius 1 is 0.500 bits per heavy atom. The molecule has 0 radical (unpaired) electrons. The summed E-state index contributed by atoms with van der Waals surface area (Å²) in [5.74, 6) is 0. The van der Waals surface area contributed by atoms with Gasteiger partial charge in [0, 0.05) is 0 Å². The molecule has 0 rings (SSSR count). The number of rotatable bonds is 4. The van der Waals surface area contributed by atoms with Gasteiger partial charge in [0.25, 0.3) is 0 Å². The Hall–Kier alpha value is 0.960. The second kappa shape index (κ2) is 29.7. The molecule has 0 N–H and O–H groups in total. The normalized spacial score (nSPS) is 7.00. The van der Waals surface area contributed by atoms with E-state index in [0.717, 1.165) is 0 Å². The number of hydrogen-bond acceptors (Lipinski definition) is 0. The predicted octanol–water partition coefficient (Wildman–Crippen LogP) is 5.55. The van der Waals surface area contributed by atoms with Crippen LogP contribution in [0.15, 0.2) is 0 Å². The summed E-state index contributed by atoms with van der Waals surface area (Å²) in [7, 11) is 0. The Labute approximate surface area is 100 Å². The van der Waals surface area contributed by atoms with Crippen molar-refractivity contribution < 1.29 is 0 Å². The molecule has 0 aromatic heterocycles. The molecule has 0 bridgehead atoms. The van der Waals surface area contributed by atoms with E-state index in [4.69, 9.17) is 0 Å². The van der Waals surface area contributed by atoms with Crippen LogP contribution in [-0.2, 0) is 0 Å². The molecule has 0 aromatic rings. The molecule has 0 unspecified atom stereocenters. The van der Waals surface area contributed by atoms with Crippen molar-refractivity contribution >= 4 is 34.0 Å². The van der Waals surface area contributed by atoms with E-state index in [-0.39, 0.29) is 34.0 Å². The maximum absolute atomic E-state index is 2.21. The Balaban J connectivity index is -0.0000000457. The lowest BCUT2D eigenvalue weighted by Crippen LogP contribution is -1.59. The number of hydrogen-bond donors (Lipinski definition) is 0. The molecular weight excluding hydrogens is 280 g/mol. The third-order valence-corrected chi connectivity index (χ3v) is 1.41. The maximum Gasteiger partial charge on any atom is -0.0538 e. The van der Waals surface area contributed by atoms with Gasteiger partial charge in [-0.15, -0.1) is 34.0 Å². The van der Waals surface area contributed by atoms with Crippen LogP contribution < -0.4 is 0 Å². The van der Waals surface area contributed by atoms with E-state index < -0.39 is 0 Å². The van der Waals surface area contributed by atoms with Crippen LogP contribution in [0.3, 0.4) is 0 Å². The monoisotopic (exact) mass is 304 g/mol. The minimum atomic E-state index is 0. The minimum absolute atomic E-state index is 0. The minimum Gasteiger partial charge on any atom is -0.114 e. The highest BCUT2D eigenvalue weighted by Crippen LogP contribution is 1.88. The first kappa shape index (κ1) is 23.1. The topological polar surface area (TPSA) is 0 Å². The van der Waals surface area contributed by atoms with Gasteiger partial charge >= 0.3 is 0 Å². The Kier molecular flexibility index (Phi) is 57.1. The second-order valence-electron chi connectivity index (χ2n) is 2.71. The lowest BCUT2D eigenvalue weighted by molar-refractivity contribution is 0.772. The second-order valence-corrected chi connectivity index (χ2v) is 2.71. The van der Waals surface area contributed by atoms with Gasteiger partial charge in [-0.2, -0.15) is 0 Å². The first-order valence-electron chi connectivity index (χ1n) is 4.83. The zero-order chi connectivity index (χ0) is 8.24. The average Bonchev–Trinajstić information content (AvgIpc) is 1.93. The molecule has 12 heavy (non-hydrogen) atoms. The molecule has 0 fully saturated rings. The maximum atomic E-state index is 2.21. The van der Waals surface area contributed by atoms with Crippen molar-refractivity contribution in [2.24, 2.45) is 0 Å². The van der Waals surface area contributed by atoms with Crippen molar-refractivity contribution in [3.05, 3.63) is 0 Å². The van der Waals surface area contributed by atoms with Gasteiger partial charge in [-0.05, 0) is 0 Å². The Bertz CT molecular complexity index is 28.8. The smallest absolute Gasteiger partial charge is 0.0538 e. The highest BCUT2D eigenvalue weighted by atomic mass is 79.9. The van der Waals surface area contributed by atoms with Gasteiger partial charge in [0.05, 0.1) is 0 Å². The highest BCUT2D eigenvalue weighted by molar-refractivity contribution is 8.93. The third kappa shape index (κ3) is 44.2. The first-order valence-corrected chi connectivity index (χ1v) is 4.83. The van der Waals surface area contributed by atoms with E-state index in [1.54, 1.807) is 0 Å². The fourth-order valence-electron chi connectivity index (χ4n) is 0.707. The van der Waals surface area contributed by atoms with Crippen LogP contribution in [0.2, 0.25) is 0 Å². The SMILES string of the molecule is Br.Br.CCCCC.CCCCC. The van der Waals surface area contributed by atoms with Crippen LogP contribution >= 0.6 is 34.0 Å². The van der Waals surface area contributed by atoms with E-state index in [1.165, 1.54) is 38.5 Å². The molecule has 0 saturated carbocycles. The molecule has 80 valence electrons. The molecule has 0 spiro atoms. The molecule has 0 nitrogen and oxygen atoms in total. The number of halogens is 2. The van der Waals surface area contributed by atoms with Crippen molar-refractivity contribution in [3.63, 3.8) is 0 Å². The fraction of sp³-hybridized carbons (Fsp3) is 1.00. The molecule has 0 aliphatic carbocycles. The van der Waals surface area contributed by atoms with Gasteiger partial charge in [-0.25, -0.2) is 0 Å². The van der Waals surface area contributed by atoms with Crippen LogP contribution in [0.4, 0.5) is 0 Å². The number of unbranched alkanes of at least 4 members (excludes halogenated alkanes) is 4. The van der Waals surface area contributed by atoms with Crippen molar-refractivity contribution in [2.75, 3.05) is 0 Å². The summed E-state index contributed by atoms with van der Waals surface area (Å²) in [5.41, 5.74) is 0. The summed E-state index contributed by atoms with van der Waals surface area (Å²) in [5, 5.41) is 0. The van der Waals surface area contributed by atoms with Gasteiger partial charge in [-0.1, -0.05) is 66.2 Å². The van der Waals surface area contributed by atoms with E-state index in [2.05, 4.69) is 27.7 Å². The molecule has 0 aliphatic heterocycles. The van der Waals surface area contributed by atoms with Crippen molar-refractivity contribution in [2.45, 2.75) is 66.2 Å². The van der Waals surface area contributed by atoms with Gasteiger partial charge in [0.2, 0.25) is 0 Å². The molecule has 0 atom stereocenters. The summed E-state index contributed by atoms with van der Waals surface area (Å²) in [6.07, 6.45) is 8.15. The van der Waals surface area contributed by atoms with Crippen molar-refractivity contribution in [3.8, 4) is 0 Å². The van der Waals surface area contributed by atoms with Crippen LogP contribution in [0.5, 0.6) is 0 Å². The Morgan fingerprint density at radius 3 is 0.667 bits per heavy atom. The first-order chi connectivity index (χ1) is 4.83. The third-order valence-electron chi connectivity index (χ3n) is 1.41. The lowest BCUT2D eigenvalue weighted by Gasteiger charge is -1.79. The molecular formula is C10H26Br2. The van der Waals surface area contributed by atoms with E-state index in [0.29, 0.717) is 0 Å². The predicted molar refractivity (Wildman–Crippen MR) is 71.0 cm³/mol. The molecule has 0 saturated heterocycles. The van der Waals surface area contributed by atoms with Crippen molar-refractivity contribution in [1.29, 1.82) is 0 Å². The van der Waals surface area contributed by atoms with E-state index in [9.17, 15) is 0 Å². The molecule has 0 aliphatic rings. The molecule has 0 aromatic carbocycles. The summed E-state index contributed by atoms with van der Waals surface area (Å²) in [4.78, 5) is 0. The molecule has 0 amide bonds. The summed E-state index contributed by atoms with van der Waals surface area (Å²) >= 11 is 0. The van der Waals surface area contributed by atoms with Gasteiger partial charge in [0.1, 0.15) is 0 Å². The fourth-order valence-corrected chi connectivity index (χ4v) is 0.707. The highest BCUT2D eigenvalue weighted by Gasteiger charge is 1.68. The van der Waals surface area contributed by atoms with Gasteiger partial charge in [-0.3, -0.25) is 0 Å². The lowest BCUT2D eigenvalue weighted by atomic mass is 10.3. The summed E-state index contributed by atoms with van der Waals surface area (Å²) in [6, 6.07) is 0.